The Hall–Kier alpha value is -0.870. The Balaban J connectivity index is 2.74. The molecule has 0 saturated carbocycles. The van der Waals surface area contributed by atoms with Crippen molar-refractivity contribution in [3.63, 3.8) is 0 Å². The number of carbonyl (C=O) groups excluding carboxylic acids is 1. The minimum Gasteiger partial charge on any atom is -0.489 e. The number of aldehydes is 1. The first kappa shape index (κ1) is 12.2. The van der Waals surface area contributed by atoms with E-state index in [9.17, 15) is 9.90 Å². The van der Waals surface area contributed by atoms with Gasteiger partial charge in [0.15, 0.2) is 0 Å². The van der Waals surface area contributed by atoms with Crippen LogP contribution in [0.5, 0.6) is 5.75 Å². The minimum atomic E-state index is -0.872. The van der Waals surface area contributed by atoms with Crippen molar-refractivity contribution < 1.29 is 14.6 Å². The molecule has 0 aromatic heterocycles. The van der Waals surface area contributed by atoms with Crippen LogP contribution in [0.3, 0.4) is 0 Å². The van der Waals surface area contributed by atoms with Gasteiger partial charge in [0, 0.05) is 5.56 Å². The number of halogens is 1. The second-order valence-electron chi connectivity index (χ2n) is 3.91. The molecule has 15 heavy (non-hydrogen) atoms. The molecule has 0 amide bonds. The van der Waals surface area contributed by atoms with Crippen molar-refractivity contribution in [2.75, 3.05) is 6.61 Å². The Bertz CT molecular complexity index is 355. The smallest absolute Gasteiger partial charge is 0.150 e. The van der Waals surface area contributed by atoms with E-state index in [0.717, 1.165) is 6.29 Å². The lowest BCUT2D eigenvalue weighted by molar-refractivity contribution is 0.0282. The quantitative estimate of drug-likeness (QED) is 0.857. The fraction of sp³-hybridized carbons (Fsp3) is 0.364. The van der Waals surface area contributed by atoms with E-state index in [1.54, 1.807) is 32.0 Å². The highest BCUT2D eigenvalue weighted by molar-refractivity contribution is 9.10. The highest BCUT2D eigenvalue weighted by Gasteiger charge is 2.14. The Kier molecular flexibility index (Phi) is 3.88. The van der Waals surface area contributed by atoms with Gasteiger partial charge in [0.1, 0.15) is 18.6 Å². The summed E-state index contributed by atoms with van der Waals surface area (Å²) in [5, 5.41) is 9.47. The molecule has 82 valence electrons. The first-order chi connectivity index (χ1) is 6.92. The van der Waals surface area contributed by atoms with Crippen LogP contribution in [0.4, 0.5) is 0 Å². The van der Waals surface area contributed by atoms with Crippen molar-refractivity contribution >= 4 is 22.2 Å². The van der Waals surface area contributed by atoms with Gasteiger partial charge in [0.25, 0.3) is 0 Å². The summed E-state index contributed by atoms with van der Waals surface area (Å²) in [4.78, 5) is 10.5. The van der Waals surface area contributed by atoms with Gasteiger partial charge in [-0.05, 0) is 48.0 Å². The van der Waals surface area contributed by atoms with Crippen LogP contribution in [0.1, 0.15) is 24.2 Å². The van der Waals surface area contributed by atoms with Crippen molar-refractivity contribution in [1.29, 1.82) is 0 Å². The number of carbonyl (C=O) groups is 1. The van der Waals surface area contributed by atoms with Crippen molar-refractivity contribution in [2.24, 2.45) is 0 Å². The molecule has 1 rings (SSSR count). The number of hydrogen-bond acceptors (Lipinski definition) is 3. The van der Waals surface area contributed by atoms with Crippen LogP contribution in [-0.4, -0.2) is 23.6 Å². The molecule has 0 spiro atoms. The van der Waals surface area contributed by atoms with Crippen molar-refractivity contribution in [3.05, 3.63) is 28.2 Å². The standard InChI is InChI=1S/C11H13BrO3/c1-11(2,14)7-15-10-4-3-8(6-13)5-9(10)12/h3-6,14H,7H2,1-2H3. The van der Waals surface area contributed by atoms with Gasteiger partial charge in [-0.3, -0.25) is 4.79 Å². The molecule has 3 nitrogen and oxygen atoms in total. The van der Waals surface area contributed by atoms with Crippen LogP contribution >= 0.6 is 15.9 Å². The lowest BCUT2D eigenvalue weighted by Gasteiger charge is -2.18. The number of aliphatic hydroxyl groups is 1. The summed E-state index contributed by atoms with van der Waals surface area (Å²) in [5.41, 5.74) is -0.291. The van der Waals surface area contributed by atoms with Gasteiger partial charge in [0.2, 0.25) is 0 Å². The number of hydrogen-bond donors (Lipinski definition) is 1. The molecule has 0 radical (unpaired) electrons. The van der Waals surface area contributed by atoms with Gasteiger partial charge in [-0.25, -0.2) is 0 Å². The molecular formula is C11H13BrO3. The largest absolute Gasteiger partial charge is 0.489 e. The van der Waals surface area contributed by atoms with Crippen LogP contribution in [0.15, 0.2) is 22.7 Å². The summed E-state index contributed by atoms with van der Waals surface area (Å²) < 4.78 is 6.09. The van der Waals surface area contributed by atoms with Crippen LogP contribution in [0.2, 0.25) is 0 Å². The molecule has 0 saturated heterocycles. The molecule has 1 aromatic rings. The molecule has 0 fully saturated rings. The SMILES string of the molecule is CC(C)(O)COc1ccc(C=O)cc1Br. The number of ether oxygens (including phenoxy) is 1. The average Bonchev–Trinajstić information content (AvgIpc) is 2.14. The minimum absolute atomic E-state index is 0.200. The number of rotatable bonds is 4. The summed E-state index contributed by atoms with van der Waals surface area (Å²) in [5.74, 6) is 0.614. The predicted molar refractivity (Wildman–Crippen MR) is 61.3 cm³/mol. The maximum Gasteiger partial charge on any atom is 0.150 e. The van der Waals surface area contributed by atoms with Crippen molar-refractivity contribution in [2.45, 2.75) is 19.4 Å². The second kappa shape index (κ2) is 4.77. The topological polar surface area (TPSA) is 46.5 Å². The highest BCUT2D eigenvalue weighted by atomic mass is 79.9. The molecular weight excluding hydrogens is 260 g/mol. The van der Waals surface area contributed by atoms with E-state index in [1.165, 1.54) is 0 Å². The molecule has 0 aliphatic carbocycles. The van der Waals surface area contributed by atoms with E-state index in [1.807, 2.05) is 0 Å². The number of benzene rings is 1. The Labute approximate surface area is 97.2 Å². The van der Waals surface area contributed by atoms with E-state index in [4.69, 9.17) is 4.74 Å². The lowest BCUT2D eigenvalue weighted by atomic mass is 10.2. The third-order valence-corrected chi connectivity index (χ3v) is 2.29. The van der Waals surface area contributed by atoms with Gasteiger partial charge in [0.05, 0.1) is 10.1 Å². The zero-order valence-corrected chi connectivity index (χ0v) is 10.2. The Morgan fingerprint density at radius 1 is 1.53 bits per heavy atom. The van der Waals surface area contributed by atoms with Crippen molar-refractivity contribution in [1.82, 2.24) is 0 Å². The maximum atomic E-state index is 10.5. The summed E-state index contributed by atoms with van der Waals surface area (Å²) in [7, 11) is 0. The summed E-state index contributed by atoms with van der Waals surface area (Å²) in [6.45, 7) is 3.54. The molecule has 4 heteroatoms. The van der Waals surface area contributed by atoms with E-state index in [2.05, 4.69) is 15.9 Å². The summed E-state index contributed by atoms with van der Waals surface area (Å²) >= 11 is 3.29. The Morgan fingerprint density at radius 3 is 2.67 bits per heavy atom. The van der Waals surface area contributed by atoms with Gasteiger partial charge in [-0.1, -0.05) is 0 Å². The normalized spacial score (nSPS) is 11.2. The fourth-order valence-electron chi connectivity index (χ4n) is 0.962. The summed E-state index contributed by atoms with van der Waals surface area (Å²) in [6.07, 6.45) is 0.768. The first-order valence-corrected chi connectivity index (χ1v) is 5.31. The van der Waals surface area contributed by atoms with Crippen LogP contribution in [0.25, 0.3) is 0 Å². The van der Waals surface area contributed by atoms with Gasteiger partial charge >= 0.3 is 0 Å². The molecule has 0 bridgehead atoms. The average molecular weight is 273 g/mol. The van der Waals surface area contributed by atoms with Crippen LogP contribution in [0, 0.1) is 0 Å². The van der Waals surface area contributed by atoms with Gasteiger partial charge in [-0.15, -0.1) is 0 Å². The second-order valence-corrected chi connectivity index (χ2v) is 4.76. The fourth-order valence-corrected chi connectivity index (χ4v) is 1.47. The monoisotopic (exact) mass is 272 g/mol. The zero-order chi connectivity index (χ0) is 11.5. The molecule has 0 aliphatic rings. The first-order valence-electron chi connectivity index (χ1n) is 4.52. The van der Waals surface area contributed by atoms with Crippen LogP contribution < -0.4 is 4.74 Å². The van der Waals surface area contributed by atoms with Gasteiger partial charge in [-0.2, -0.15) is 0 Å². The third kappa shape index (κ3) is 4.01. The van der Waals surface area contributed by atoms with E-state index in [0.29, 0.717) is 15.8 Å². The molecule has 1 aromatic carbocycles. The maximum absolute atomic E-state index is 10.5. The molecule has 0 heterocycles. The van der Waals surface area contributed by atoms with E-state index >= 15 is 0 Å². The zero-order valence-electron chi connectivity index (χ0n) is 8.66. The van der Waals surface area contributed by atoms with E-state index in [-0.39, 0.29) is 6.61 Å². The molecule has 0 atom stereocenters. The molecule has 1 N–H and O–H groups in total. The van der Waals surface area contributed by atoms with Crippen LogP contribution in [-0.2, 0) is 0 Å². The van der Waals surface area contributed by atoms with E-state index < -0.39 is 5.60 Å². The molecule has 0 aliphatic heterocycles. The Morgan fingerprint density at radius 2 is 2.20 bits per heavy atom. The highest BCUT2D eigenvalue weighted by Crippen LogP contribution is 2.26. The predicted octanol–water partition coefficient (Wildman–Crippen LogP) is 2.41. The third-order valence-electron chi connectivity index (χ3n) is 1.67. The summed E-state index contributed by atoms with van der Waals surface area (Å²) in [6, 6.07) is 5.03. The van der Waals surface area contributed by atoms with Crippen molar-refractivity contribution in [3.8, 4) is 5.75 Å². The van der Waals surface area contributed by atoms with Gasteiger partial charge < -0.3 is 9.84 Å². The molecule has 0 unspecified atom stereocenters. The lowest BCUT2D eigenvalue weighted by Crippen LogP contribution is -2.27.